The Kier molecular flexibility index (Phi) is 14.8. The van der Waals surface area contributed by atoms with Crippen LogP contribution in [0.4, 0.5) is 0 Å². The summed E-state index contributed by atoms with van der Waals surface area (Å²) in [5.41, 5.74) is 21.3. The molecule has 0 aromatic carbocycles. The molecule has 0 aliphatic rings. The fourth-order valence-electron chi connectivity index (χ4n) is 2.94. The number of hydrogen-bond donors (Lipinski definition) is 9. The van der Waals surface area contributed by atoms with Crippen molar-refractivity contribution in [1.82, 2.24) is 16.0 Å². The number of carbonyl (C=O) groups is 6. The van der Waals surface area contributed by atoms with E-state index in [1.54, 1.807) is 0 Å². The number of primary amides is 2. The molecule has 15 heteroatoms. The Morgan fingerprint density at radius 1 is 0.771 bits per heavy atom. The highest BCUT2D eigenvalue weighted by molar-refractivity contribution is 5.94. The highest BCUT2D eigenvalue weighted by Crippen LogP contribution is 2.05. The number of rotatable bonds is 18. The van der Waals surface area contributed by atoms with Crippen LogP contribution in [-0.2, 0) is 28.8 Å². The van der Waals surface area contributed by atoms with Crippen LogP contribution >= 0.6 is 0 Å². The Balaban J connectivity index is 5.43. The first-order valence-electron chi connectivity index (χ1n) is 11.1. The van der Waals surface area contributed by atoms with Crippen molar-refractivity contribution in [3.05, 3.63) is 0 Å². The molecule has 0 aromatic rings. The minimum absolute atomic E-state index is 0.294. The van der Waals surface area contributed by atoms with Crippen LogP contribution in [0.3, 0.4) is 0 Å². The zero-order valence-corrected chi connectivity index (χ0v) is 19.7. The van der Waals surface area contributed by atoms with E-state index in [0.29, 0.717) is 25.8 Å². The summed E-state index contributed by atoms with van der Waals surface area (Å²) in [7, 11) is 0. The summed E-state index contributed by atoms with van der Waals surface area (Å²) in [5, 5.41) is 26.1. The van der Waals surface area contributed by atoms with Gasteiger partial charge in [-0.05, 0) is 39.2 Å². The third-order valence-corrected chi connectivity index (χ3v) is 4.98. The molecule has 5 amide bonds. The maximum atomic E-state index is 12.8. The minimum atomic E-state index is -1.50. The van der Waals surface area contributed by atoms with Gasteiger partial charge in [-0.3, -0.25) is 24.0 Å². The van der Waals surface area contributed by atoms with Crippen LogP contribution in [0.25, 0.3) is 0 Å². The van der Waals surface area contributed by atoms with Crippen LogP contribution in [0.1, 0.15) is 51.9 Å². The van der Waals surface area contributed by atoms with E-state index >= 15 is 0 Å². The molecule has 0 bridgehead atoms. The van der Waals surface area contributed by atoms with Crippen molar-refractivity contribution >= 4 is 35.5 Å². The van der Waals surface area contributed by atoms with Gasteiger partial charge in [-0.1, -0.05) is 6.42 Å². The van der Waals surface area contributed by atoms with E-state index in [-0.39, 0.29) is 25.7 Å². The monoisotopic (exact) mass is 503 g/mol. The van der Waals surface area contributed by atoms with Crippen molar-refractivity contribution in [2.24, 2.45) is 22.9 Å². The van der Waals surface area contributed by atoms with Crippen LogP contribution in [0.2, 0.25) is 0 Å². The number of amides is 5. The Morgan fingerprint density at radius 2 is 1.29 bits per heavy atom. The fraction of sp³-hybridized carbons (Fsp3) is 0.700. The van der Waals surface area contributed by atoms with Crippen molar-refractivity contribution in [2.75, 3.05) is 6.54 Å². The fourth-order valence-corrected chi connectivity index (χ4v) is 2.94. The van der Waals surface area contributed by atoms with Crippen LogP contribution in [0.15, 0.2) is 0 Å². The Morgan fingerprint density at radius 3 is 1.74 bits per heavy atom. The molecule has 0 saturated carbocycles. The zero-order valence-electron chi connectivity index (χ0n) is 19.7. The molecule has 0 rings (SSSR count). The molecule has 13 N–H and O–H groups in total. The number of carbonyl (C=O) groups excluding carboxylic acids is 5. The molecular formula is C20H37N7O8. The van der Waals surface area contributed by atoms with Gasteiger partial charge in [-0.25, -0.2) is 4.79 Å². The summed E-state index contributed by atoms with van der Waals surface area (Å²) >= 11 is 0. The number of aliphatic hydroxyl groups excluding tert-OH is 1. The van der Waals surface area contributed by atoms with Crippen molar-refractivity contribution < 1.29 is 39.0 Å². The van der Waals surface area contributed by atoms with Gasteiger partial charge in [0.25, 0.3) is 0 Å². The van der Waals surface area contributed by atoms with Gasteiger partial charge in [0.05, 0.1) is 12.1 Å². The van der Waals surface area contributed by atoms with Gasteiger partial charge in [-0.2, -0.15) is 0 Å². The first-order chi connectivity index (χ1) is 16.3. The number of aliphatic hydroxyl groups is 1. The summed E-state index contributed by atoms with van der Waals surface area (Å²) in [6.45, 7) is 1.65. The van der Waals surface area contributed by atoms with Gasteiger partial charge in [0.1, 0.15) is 18.1 Å². The quantitative estimate of drug-likeness (QED) is 0.0814. The molecule has 0 fully saturated rings. The Labute approximate surface area is 202 Å². The highest BCUT2D eigenvalue weighted by atomic mass is 16.4. The SMILES string of the molecule is CC(O)C(NC(=O)C(N)CCCCN)C(=O)NC(CCC(N)=O)C(=O)NC(CCC(N)=O)C(=O)O. The largest absolute Gasteiger partial charge is 0.480 e. The van der Waals surface area contributed by atoms with E-state index in [0.717, 1.165) is 0 Å². The third-order valence-electron chi connectivity index (χ3n) is 4.98. The van der Waals surface area contributed by atoms with Crippen molar-refractivity contribution in [3.8, 4) is 0 Å². The highest BCUT2D eigenvalue weighted by Gasteiger charge is 2.32. The smallest absolute Gasteiger partial charge is 0.326 e. The summed E-state index contributed by atoms with van der Waals surface area (Å²) in [4.78, 5) is 71.4. The summed E-state index contributed by atoms with van der Waals surface area (Å²) < 4.78 is 0. The number of nitrogens with two attached hydrogens (primary N) is 4. The Bertz CT molecular complexity index is 762. The molecule has 0 aliphatic carbocycles. The summed E-state index contributed by atoms with van der Waals surface area (Å²) in [5.74, 6) is -5.68. The van der Waals surface area contributed by atoms with E-state index in [2.05, 4.69) is 16.0 Å². The molecule has 5 unspecified atom stereocenters. The first kappa shape index (κ1) is 31.7. The first-order valence-corrected chi connectivity index (χ1v) is 11.1. The maximum absolute atomic E-state index is 12.8. The molecule has 5 atom stereocenters. The average molecular weight is 504 g/mol. The molecule has 0 aliphatic heterocycles. The van der Waals surface area contributed by atoms with Crippen LogP contribution in [-0.4, -0.2) is 82.5 Å². The molecule has 0 saturated heterocycles. The predicted octanol–water partition coefficient (Wildman–Crippen LogP) is -4.11. The zero-order chi connectivity index (χ0) is 27.1. The van der Waals surface area contributed by atoms with Crippen LogP contribution in [0, 0.1) is 0 Å². The number of carboxylic acids is 1. The molecule has 0 spiro atoms. The van der Waals surface area contributed by atoms with Crippen molar-refractivity contribution in [1.29, 1.82) is 0 Å². The normalized spacial score (nSPS) is 15.1. The van der Waals surface area contributed by atoms with E-state index in [4.69, 9.17) is 22.9 Å². The predicted molar refractivity (Wildman–Crippen MR) is 123 cm³/mol. The lowest BCUT2D eigenvalue weighted by Crippen LogP contribution is -2.59. The molecule has 200 valence electrons. The van der Waals surface area contributed by atoms with E-state index < -0.39 is 65.8 Å². The molecule has 15 nitrogen and oxygen atoms in total. The maximum Gasteiger partial charge on any atom is 0.326 e. The van der Waals surface area contributed by atoms with Gasteiger partial charge in [0, 0.05) is 12.8 Å². The van der Waals surface area contributed by atoms with Crippen LogP contribution < -0.4 is 38.9 Å². The van der Waals surface area contributed by atoms with Gasteiger partial charge in [-0.15, -0.1) is 0 Å². The van der Waals surface area contributed by atoms with E-state index in [9.17, 15) is 39.0 Å². The lowest BCUT2D eigenvalue weighted by molar-refractivity contribution is -0.143. The van der Waals surface area contributed by atoms with E-state index in [1.807, 2.05) is 0 Å². The molecule has 0 radical (unpaired) electrons. The summed E-state index contributed by atoms with van der Waals surface area (Å²) in [6.07, 6.45) is -1.14. The van der Waals surface area contributed by atoms with Crippen molar-refractivity contribution in [2.45, 2.75) is 82.1 Å². The molecular weight excluding hydrogens is 466 g/mol. The molecule has 0 aromatic heterocycles. The standard InChI is InChI=1S/C20H37N7O8/c1-10(28)16(27-17(31)11(22)4-2-3-9-21)19(33)25-12(5-7-14(23)29)18(32)26-13(20(34)35)6-8-15(24)30/h10-13,16,28H,2-9,21-22H2,1H3,(H2,23,29)(H2,24,30)(H,25,33)(H,26,32)(H,27,31)(H,34,35). The van der Waals surface area contributed by atoms with Gasteiger partial charge >= 0.3 is 5.97 Å². The number of unbranched alkanes of at least 4 members (excludes halogenated alkanes) is 1. The van der Waals surface area contributed by atoms with Crippen LogP contribution in [0.5, 0.6) is 0 Å². The number of carboxylic acid groups (broad SMARTS) is 1. The minimum Gasteiger partial charge on any atom is -0.480 e. The lowest BCUT2D eigenvalue weighted by atomic mass is 10.1. The summed E-state index contributed by atoms with van der Waals surface area (Å²) in [6, 6.07) is -5.41. The van der Waals surface area contributed by atoms with Gasteiger partial charge < -0.3 is 49.1 Å². The number of aliphatic carboxylic acids is 1. The number of hydrogen-bond acceptors (Lipinski definition) is 9. The Hall–Kier alpha value is -3.30. The van der Waals surface area contributed by atoms with Gasteiger partial charge in [0.15, 0.2) is 0 Å². The number of nitrogens with one attached hydrogen (secondary N) is 3. The second-order valence-electron chi connectivity index (χ2n) is 8.09. The average Bonchev–Trinajstić information content (AvgIpc) is 2.76. The second kappa shape index (κ2) is 16.3. The molecule has 0 heterocycles. The van der Waals surface area contributed by atoms with Gasteiger partial charge in [0.2, 0.25) is 29.5 Å². The molecule has 35 heavy (non-hydrogen) atoms. The lowest BCUT2D eigenvalue weighted by Gasteiger charge is -2.26. The third kappa shape index (κ3) is 13.2. The van der Waals surface area contributed by atoms with Crippen molar-refractivity contribution in [3.63, 3.8) is 0 Å². The van der Waals surface area contributed by atoms with E-state index in [1.165, 1.54) is 6.92 Å². The topological polar surface area (TPSA) is 283 Å². The second-order valence-corrected chi connectivity index (χ2v) is 8.09.